The molecule has 0 spiro atoms. The maximum Gasteiger partial charge on any atom is 0.261 e. The van der Waals surface area contributed by atoms with Crippen LogP contribution in [0.4, 0.5) is 5.69 Å². The molecule has 6 nitrogen and oxygen atoms in total. The second-order valence-corrected chi connectivity index (χ2v) is 10.4. The van der Waals surface area contributed by atoms with Gasteiger partial charge in [0.25, 0.3) is 15.9 Å². The van der Waals surface area contributed by atoms with Gasteiger partial charge in [0.1, 0.15) is 5.75 Å². The molecule has 1 amide bonds. The molecule has 0 aliphatic rings. The van der Waals surface area contributed by atoms with Crippen LogP contribution in [-0.4, -0.2) is 21.4 Å². The van der Waals surface area contributed by atoms with Crippen molar-refractivity contribution >= 4 is 21.6 Å². The largest absolute Gasteiger partial charge is 0.496 e. The van der Waals surface area contributed by atoms with Gasteiger partial charge in [0, 0.05) is 5.56 Å². The monoisotopic (exact) mass is 480 g/mol. The van der Waals surface area contributed by atoms with E-state index in [9.17, 15) is 13.2 Å². The maximum absolute atomic E-state index is 13.2. The number of hydrogen-bond acceptors (Lipinski definition) is 4. The van der Waals surface area contributed by atoms with Crippen LogP contribution in [0.5, 0.6) is 5.75 Å². The lowest BCUT2D eigenvalue weighted by Gasteiger charge is -2.22. The van der Waals surface area contributed by atoms with Gasteiger partial charge in [0.05, 0.1) is 23.7 Å². The van der Waals surface area contributed by atoms with Crippen LogP contribution in [0, 0.1) is 13.8 Å². The van der Waals surface area contributed by atoms with E-state index in [1.54, 1.807) is 50.4 Å². The maximum atomic E-state index is 13.2. The summed E-state index contributed by atoms with van der Waals surface area (Å²) in [6.45, 7) is 9.87. The number of rotatable bonds is 8. The Labute approximate surface area is 202 Å². The Morgan fingerprint density at radius 2 is 1.59 bits per heavy atom. The Hall–Kier alpha value is -3.32. The molecule has 0 heterocycles. The summed E-state index contributed by atoms with van der Waals surface area (Å²) < 4.78 is 33.6. The van der Waals surface area contributed by atoms with Crippen molar-refractivity contribution in [2.24, 2.45) is 0 Å². The molecule has 1 atom stereocenters. The number of hydrogen-bond donors (Lipinski definition) is 2. The lowest BCUT2D eigenvalue weighted by Crippen LogP contribution is -2.28. The van der Waals surface area contributed by atoms with Crippen LogP contribution in [0.15, 0.2) is 65.6 Å². The highest BCUT2D eigenvalue weighted by atomic mass is 32.2. The summed E-state index contributed by atoms with van der Waals surface area (Å²) in [6.07, 6.45) is 0. The van der Waals surface area contributed by atoms with Crippen LogP contribution < -0.4 is 14.8 Å². The standard InChI is InChI=1S/C27H32N2O4S/c1-17(2)23-16-24(18(3)15-26(23)33-6)20(5)28-27(30)22-13-10-14-25(19(22)4)29-34(31,32)21-11-8-7-9-12-21/h7-17,20,29H,1-6H3,(H,28,30)/t20-/m1/s1. The quantitative estimate of drug-likeness (QED) is 0.431. The average Bonchev–Trinajstić information content (AvgIpc) is 2.80. The molecule has 3 aromatic carbocycles. The number of anilines is 1. The van der Waals surface area contributed by atoms with Gasteiger partial charge in [-0.3, -0.25) is 9.52 Å². The number of ether oxygens (including phenoxy) is 1. The highest BCUT2D eigenvalue weighted by Gasteiger charge is 2.21. The van der Waals surface area contributed by atoms with Gasteiger partial charge < -0.3 is 10.1 Å². The smallest absolute Gasteiger partial charge is 0.261 e. The number of aryl methyl sites for hydroxylation is 1. The summed E-state index contributed by atoms with van der Waals surface area (Å²) in [5.41, 5.74) is 4.45. The first-order chi connectivity index (χ1) is 16.0. The summed E-state index contributed by atoms with van der Waals surface area (Å²) in [5, 5.41) is 3.06. The highest BCUT2D eigenvalue weighted by molar-refractivity contribution is 7.92. The van der Waals surface area contributed by atoms with E-state index in [2.05, 4.69) is 30.0 Å². The van der Waals surface area contributed by atoms with E-state index in [1.807, 2.05) is 19.9 Å². The van der Waals surface area contributed by atoms with Gasteiger partial charge in [-0.1, -0.05) is 38.1 Å². The SMILES string of the molecule is COc1cc(C)c([C@@H](C)NC(=O)c2cccc(NS(=O)(=O)c3ccccc3)c2C)cc1C(C)C. The third-order valence-electron chi connectivity index (χ3n) is 5.93. The Morgan fingerprint density at radius 1 is 0.912 bits per heavy atom. The minimum absolute atomic E-state index is 0.161. The van der Waals surface area contributed by atoms with Crippen molar-refractivity contribution < 1.29 is 17.9 Å². The van der Waals surface area contributed by atoms with E-state index in [1.165, 1.54) is 12.1 Å². The van der Waals surface area contributed by atoms with Crippen LogP contribution in [0.25, 0.3) is 0 Å². The molecule has 3 rings (SSSR count). The minimum Gasteiger partial charge on any atom is -0.496 e. The van der Waals surface area contributed by atoms with Crippen LogP contribution >= 0.6 is 0 Å². The normalized spacial score (nSPS) is 12.3. The Bertz CT molecular complexity index is 1290. The summed E-state index contributed by atoms with van der Waals surface area (Å²) in [7, 11) is -2.10. The Balaban J connectivity index is 1.86. The lowest BCUT2D eigenvalue weighted by atomic mass is 9.93. The lowest BCUT2D eigenvalue weighted by molar-refractivity contribution is 0.0939. The molecule has 0 saturated carbocycles. The molecule has 34 heavy (non-hydrogen) atoms. The van der Waals surface area contributed by atoms with E-state index in [0.29, 0.717) is 16.8 Å². The van der Waals surface area contributed by atoms with Crippen molar-refractivity contribution in [3.63, 3.8) is 0 Å². The number of benzene rings is 3. The second-order valence-electron chi connectivity index (χ2n) is 8.70. The van der Waals surface area contributed by atoms with Crippen molar-refractivity contribution in [1.82, 2.24) is 5.32 Å². The molecule has 3 aromatic rings. The molecule has 7 heteroatoms. The molecule has 0 aliphatic heterocycles. The van der Waals surface area contributed by atoms with E-state index in [-0.39, 0.29) is 22.8 Å². The molecule has 2 N–H and O–H groups in total. The average molecular weight is 481 g/mol. The fourth-order valence-electron chi connectivity index (χ4n) is 3.96. The molecule has 0 fully saturated rings. The third-order valence-corrected chi connectivity index (χ3v) is 7.31. The number of sulfonamides is 1. The number of nitrogens with one attached hydrogen (secondary N) is 2. The van der Waals surface area contributed by atoms with Gasteiger partial charge in [-0.15, -0.1) is 0 Å². The first-order valence-electron chi connectivity index (χ1n) is 11.2. The molecule has 0 aliphatic carbocycles. The fourth-order valence-corrected chi connectivity index (χ4v) is 5.10. The predicted octanol–water partition coefficient (Wildman–Crippen LogP) is 5.73. The first-order valence-corrected chi connectivity index (χ1v) is 12.7. The first kappa shape index (κ1) is 25.3. The van der Waals surface area contributed by atoms with E-state index in [4.69, 9.17) is 4.74 Å². The zero-order valence-electron chi connectivity index (χ0n) is 20.5. The van der Waals surface area contributed by atoms with Crippen molar-refractivity contribution in [2.75, 3.05) is 11.8 Å². The van der Waals surface area contributed by atoms with Crippen LogP contribution in [-0.2, 0) is 10.0 Å². The summed E-state index contributed by atoms with van der Waals surface area (Å²) in [6, 6.07) is 17.0. The Morgan fingerprint density at radius 3 is 2.21 bits per heavy atom. The highest BCUT2D eigenvalue weighted by Crippen LogP contribution is 2.32. The van der Waals surface area contributed by atoms with Gasteiger partial charge in [0.2, 0.25) is 0 Å². The summed E-state index contributed by atoms with van der Waals surface area (Å²) in [4.78, 5) is 13.3. The van der Waals surface area contributed by atoms with Crippen LogP contribution in [0.3, 0.4) is 0 Å². The minimum atomic E-state index is -3.76. The zero-order chi connectivity index (χ0) is 25.0. The molecule has 0 unspecified atom stereocenters. The van der Waals surface area contributed by atoms with Gasteiger partial charge in [-0.2, -0.15) is 0 Å². The van der Waals surface area contributed by atoms with Gasteiger partial charge in [-0.25, -0.2) is 8.42 Å². The number of carbonyl (C=O) groups is 1. The van der Waals surface area contributed by atoms with Crippen LogP contribution in [0.2, 0.25) is 0 Å². The Kier molecular flexibility index (Phi) is 7.67. The number of amides is 1. The zero-order valence-corrected chi connectivity index (χ0v) is 21.3. The summed E-state index contributed by atoms with van der Waals surface area (Å²) >= 11 is 0. The van der Waals surface area contributed by atoms with Crippen LogP contribution in [0.1, 0.15) is 65.3 Å². The molecule has 180 valence electrons. The number of carbonyl (C=O) groups excluding carboxylic acids is 1. The third kappa shape index (κ3) is 5.42. The molecule has 0 bridgehead atoms. The number of methoxy groups -OCH3 is 1. The molecule has 0 radical (unpaired) electrons. The molecular formula is C27H32N2O4S. The van der Waals surface area contributed by atoms with Crippen molar-refractivity contribution in [3.8, 4) is 5.75 Å². The second kappa shape index (κ2) is 10.3. The van der Waals surface area contributed by atoms with Gasteiger partial charge in [0.15, 0.2) is 0 Å². The predicted molar refractivity (Wildman–Crippen MR) is 136 cm³/mol. The van der Waals surface area contributed by atoms with Crippen molar-refractivity contribution in [1.29, 1.82) is 0 Å². The van der Waals surface area contributed by atoms with Crippen molar-refractivity contribution in [3.05, 3.63) is 88.5 Å². The summed E-state index contributed by atoms with van der Waals surface area (Å²) in [5.74, 6) is 0.838. The molecule has 0 saturated heterocycles. The van der Waals surface area contributed by atoms with E-state index >= 15 is 0 Å². The van der Waals surface area contributed by atoms with E-state index < -0.39 is 10.0 Å². The topological polar surface area (TPSA) is 84.5 Å². The molecule has 0 aromatic heterocycles. The van der Waals surface area contributed by atoms with Gasteiger partial charge >= 0.3 is 0 Å². The van der Waals surface area contributed by atoms with Gasteiger partial charge in [-0.05, 0) is 85.3 Å². The van der Waals surface area contributed by atoms with Crippen molar-refractivity contribution in [2.45, 2.75) is 51.5 Å². The van der Waals surface area contributed by atoms with E-state index in [0.717, 1.165) is 22.4 Å². The molecular weight excluding hydrogens is 448 g/mol. The fraction of sp³-hybridized carbons (Fsp3) is 0.296.